The van der Waals surface area contributed by atoms with Crippen LogP contribution in [0.15, 0.2) is 30.3 Å². The first kappa shape index (κ1) is 13.0. The Morgan fingerprint density at radius 3 is 2.57 bits per heavy atom. The Hall–Kier alpha value is -1.68. The van der Waals surface area contributed by atoms with Gasteiger partial charge in [0.2, 0.25) is 0 Å². The summed E-state index contributed by atoms with van der Waals surface area (Å²) in [6.07, 6.45) is 6.59. The van der Waals surface area contributed by atoms with Crippen LogP contribution in [0, 0.1) is 0 Å². The molecule has 4 rings (SSSR count). The van der Waals surface area contributed by atoms with Crippen molar-refractivity contribution < 1.29 is 0 Å². The standard InChI is InChI=1S/C17H22N4/c1-2-6-14(7-3-1)17-18-16-10-11-20(12-13-21(16)19-17)15-8-4-5-9-15/h1-3,6-7,15H,4-5,8-13H2. The Bertz CT molecular complexity index is 573. The zero-order valence-corrected chi connectivity index (χ0v) is 12.4. The summed E-state index contributed by atoms with van der Waals surface area (Å²) in [6.45, 7) is 3.23. The fraction of sp³-hybridized carbons (Fsp3) is 0.529. The molecule has 1 aromatic carbocycles. The third kappa shape index (κ3) is 2.60. The van der Waals surface area contributed by atoms with Crippen LogP contribution in [-0.2, 0) is 13.0 Å². The van der Waals surface area contributed by atoms with Gasteiger partial charge in [0.25, 0.3) is 0 Å². The molecule has 0 atom stereocenters. The summed E-state index contributed by atoms with van der Waals surface area (Å²) in [5, 5.41) is 4.72. The van der Waals surface area contributed by atoms with E-state index in [0.29, 0.717) is 0 Å². The quantitative estimate of drug-likeness (QED) is 0.849. The molecular formula is C17H22N4. The molecule has 4 nitrogen and oxygen atoms in total. The fourth-order valence-corrected chi connectivity index (χ4v) is 3.66. The molecule has 0 amide bonds. The zero-order chi connectivity index (χ0) is 14.1. The van der Waals surface area contributed by atoms with Crippen molar-refractivity contribution in [2.24, 2.45) is 0 Å². The summed E-state index contributed by atoms with van der Waals surface area (Å²) in [5.74, 6) is 2.02. The molecule has 110 valence electrons. The first-order chi connectivity index (χ1) is 10.4. The van der Waals surface area contributed by atoms with E-state index in [-0.39, 0.29) is 0 Å². The molecule has 2 aliphatic rings. The third-order valence-corrected chi connectivity index (χ3v) is 4.84. The van der Waals surface area contributed by atoms with Crippen molar-refractivity contribution in [3.63, 3.8) is 0 Å². The van der Waals surface area contributed by atoms with E-state index in [0.717, 1.165) is 49.3 Å². The van der Waals surface area contributed by atoms with Crippen molar-refractivity contribution in [1.82, 2.24) is 19.7 Å². The maximum absolute atomic E-state index is 4.77. The molecule has 0 unspecified atom stereocenters. The number of hydrogen-bond donors (Lipinski definition) is 0. The van der Waals surface area contributed by atoms with Gasteiger partial charge in [-0.2, -0.15) is 5.10 Å². The Morgan fingerprint density at radius 1 is 0.952 bits per heavy atom. The van der Waals surface area contributed by atoms with Crippen molar-refractivity contribution in [3.05, 3.63) is 36.2 Å². The van der Waals surface area contributed by atoms with Gasteiger partial charge in [0.05, 0.1) is 6.54 Å². The van der Waals surface area contributed by atoms with Gasteiger partial charge in [-0.3, -0.25) is 4.90 Å². The maximum Gasteiger partial charge on any atom is 0.181 e. The van der Waals surface area contributed by atoms with Gasteiger partial charge in [0.1, 0.15) is 5.82 Å². The van der Waals surface area contributed by atoms with Gasteiger partial charge in [-0.15, -0.1) is 0 Å². The van der Waals surface area contributed by atoms with Crippen LogP contribution in [0.1, 0.15) is 31.5 Å². The van der Waals surface area contributed by atoms with Crippen LogP contribution < -0.4 is 0 Å². The molecule has 0 N–H and O–H groups in total. The largest absolute Gasteiger partial charge is 0.298 e. The second-order valence-electron chi connectivity index (χ2n) is 6.17. The molecule has 0 bridgehead atoms. The lowest BCUT2D eigenvalue weighted by Gasteiger charge is -2.26. The molecule has 1 aromatic heterocycles. The molecule has 2 heterocycles. The number of fused-ring (bicyclic) bond motifs is 1. The molecule has 21 heavy (non-hydrogen) atoms. The van der Waals surface area contributed by atoms with E-state index in [9.17, 15) is 0 Å². The molecule has 1 saturated carbocycles. The molecule has 0 spiro atoms. The normalized spacial score (nSPS) is 20.4. The number of benzene rings is 1. The Balaban J connectivity index is 1.52. The van der Waals surface area contributed by atoms with Crippen LogP contribution in [0.4, 0.5) is 0 Å². The predicted octanol–water partition coefficient (Wildman–Crippen LogP) is 2.75. The van der Waals surface area contributed by atoms with Gasteiger partial charge in [-0.25, -0.2) is 9.67 Å². The second-order valence-corrected chi connectivity index (χ2v) is 6.17. The predicted molar refractivity (Wildman–Crippen MR) is 83.0 cm³/mol. The summed E-state index contributed by atoms with van der Waals surface area (Å²) >= 11 is 0. The fourth-order valence-electron chi connectivity index (χ4n) is 3.66. The Labute approximate surface area is 125 Å². The topological polar surface area (TPSA) is 34.0 Å². The molecule has 4 heteroatoms. The van der Waals surface area contributed by atoms with E-state index in [4.69, 9.17) is 10.1 Å². The number of hydrogen-bond acceptors (Lipinski definition) is 3. The highest BCUT2D eigenvalue weighted by Gasteiger charge is 2.25. The smallest absolute Gasteiger partial charge is 0.181 e. The number of aromatic nitrogens is 3. The van der Waals surface area contributed by atoms with E-state index in [1.54, 1.807) is 0 Å². The van der Waals surface area contributed by atoms with Crippen LogP contribution in [-0.4, -0.2) is 38.8 Å². The van der Waals surface area contributed by atoms with Gasteiger partial charge in [0, 0.05) is 31.1 Å². The Morgan fingerprint density at radius 2 is 1.76 bits per heavy atom. The van der Waals surface area contributed by atoms with Crippen molar-refractivity contribution in [1.29, 1.82) is 0 Å². The van der Waals surface area contributed by atoms with Gasteiger partial charge in [-0.05, 0) is 12.8 Å². The number of nitrogens with zero attached hydrogens (tertiary/aromatic N) is 4. The molecule has 0 saturated heterocycles. The summed E-state index contributed by atoms with van der Waals surface area (Å²) < 4.78 is 2.12. The third-order valence-electron chi connectivity index (χ3n) is 4.84. The van der Waals surface area contributed by atoms with E-state index in [2.05, 4.69) is 21.7 Å². The average Bonchev–Trinajstić information content (AvgIpc) is 3.16. The highest BCUT2D eigenvalue weighted by atomic mass is 15.4. The van der Waals surface area contributed by atoms with Crippen LogP contribution >= 0.6 is 0 Å². The average molecular weight is 282 g/mol. The lowest BCUT2D eigenvalue weighted by molar-refractivity contribution is 0.201. The SMILES string of the molecule is c1ccc(-c2nc3n(n2)CCN(C2CCCC2)CC3)cc1. The Kier molecular flexibility index (Phi) is 3.47. The number of rotatable bonds is 2. The second kappa shape index (κ2) is 5.60. The highest BCUT2D eigenvalue weighted by Crippen LogP contribution is 2.25. The summed E-state index contributed by atoms with van der Waals surface area (Å²) in [5.41, 5.74) is 1.12. The lowest BCUT2D eigenvalue weighted by Crippen LogP contribution is -2.35. The van der Waals surface area contributed by atoms with E-state index < -0.39 is 0 Å². The molecule has 0 radical (unpaired) electrons. The van der Waals surface area contributed by atoms with Crippen LogP contribution in [0.25, 0.3) is 11.4 Å². The van der Waals surface area contributed by atoms with Gasteiger partial charge in [-0.1, -0.05) is 43.2 Å². The maximum atomic E-state index is 4.77. The minimum absolute atomic E-state index is 0.809. The van der Waals surface area contributed by atoms with Crippen molar-refractivity contribution in [3.8, 4) is 11.4 Å². The minimum atomic E-state index is 0.809. The van der Waals surface area contributed by atoms with Gasteiger partial charge >= 0.3 is 0 Å². The van der Waals surface area contributed by atoms with E-state index in [1.807, 2.05) is 18.2 Å². The first-order valence-corrected chi connectivity index (χ1v) is 8.13. The summed E-state index contributed by atoms with van der Waals surface area (Å²) in [4.78, 5) is 7.43. The van der Waals surface area contributed by atoms with Crippen molar-refractivity contribution in [2.75, 3.05) is 13.1 Å². The van der Waals surface area contributed by atoms with Crippen LogP contribution in [0.5, 0.6) is 0 Å². The van der Waals surface area contributed by atoms with E-state index >= 15 is 0 Å². The molecule has 2 aromatic rings. The van der Waals surface area contributed by atoms with Gasteiger partial charge in [0.15, 0.2) is 5.82 Å². The summed E-state index contributed by atoms with van der Waals surface area (Å²) in [7, 11) is 0. The van der Waals surface area contributed by atoms with Crippen molar-refractivity contribution >= 4 is 0 Å². The monoisotopic (exact) mass is 282 g/mol. The van der Waals surface area contributed by atoms with Crippen LogP contribution in [0.3, 0.4) is 0 Å². The van der Waals surface area contributed by atoms with Crippen LogP contribution in [0.2, 0.25) is 0 Å². The van der Waals surface area contributed by atoms with Crippen molar-refractivity contribution in [2.45, 2.75) is 44.7 Å². The van der Waals surface area contributed by atoms with E-state index in [1.165, 1.54) is 25.7 Å². The van der Waals surface area contributed by atoms with Gasteiger partial charge < -0.3 is 0 Å². The molecular weight excluding hydrogens is 260 g/mol. The minimum Gasteiger partial charge on any atom is -0.298 e. The lowest BCUT2D eigenvalue weighted by atomic mass is 10.2. The summed E-state index contributed by atoms with van der Waals surface area (Å²) in [6, 6.07) is 11.1. The molecule has 1 aliphatic heterocycles. The molecule has 1 aliphatic carbocycles. The zero-order valence-electron chi connectivity index (χ0n) is 12.4. The highest BCUT2D eigenvalue weighted by molar-refractivity contribution is 5.54. The molecule has 1 fully saturated rings. The first-order valence-electron chi connectivity index (χ1n) is 8.13.